The van der Waals surface area contributed by atoms with E-state index in [-0.39, 0.29) is 0 Å². The van der Waals surface area contributed by atoms with E-state index in [0.29, 0.717) is 5.02 Å². The van der Waals surface area contributed by atoms with Crippen molar-refractivity contribution in [3.8, 4) is 0 Å². The molecule has 0 aromatic heterocycles. The Morgan fingerprint density at radius 3 is 2.60 bits per heavy atom. The second-order valence-electron chi connectivity index (χ2n) is 1.84. The van der Waals surface area contributed by atoms with Crippen molar-refractivity contribution in [3.05, 3.63) is 41.1 Å². The van der Waals surface area contributed by atoms with E-state index < -0.39 is 0 Å². The molecule has 52 valence electrons. The Hall–Kier alpha value is -0.950. The topological polar surface area (TPSA) is 20.2 Å². The van der Waals surface area contributed by atoms with E-state index in [0.717, 1.165) is 11.8 Å². The summed E-state index contributed by atoms with van der Waals surface area (Å²) in [4.78, 5) is 0. The van der Waals surface area contributed by atoms with Crippen molar-refractivity contribution < 1.29 is 5.11 Å². The second-order valence-corrected chi connectivity index (χ2v) is 2.24. The second kappa shape index (κ2) is 3.28. The number of halogens is 1. The number of hydrogen-bond donors (Lipinski definition) is 1. The highest BCUT2D eigenvalue weighted by Gasteiger charge is 1.90. The molecule has 10 heavy (non-hydrogen) atoms. The molecule has 0 fully saturated rings. The Bertz CT molecular complexity index is 243. The molecule has 0 bridgehead atoms. The highest BCUT2D eigenvalue weighted by molar-refractivity contribution is 6.32. The van der Waals surface area contributed by atoms with Crippen molar-refractivity contribution in [3.63, 3.8) is 0 Å². The van der Waals surface area contributed by atoms with Crippen molar-refractivity contribution in [2.75, 3.05) is 0 Å². The Balaban J connectivity index is 3.03. The standard InChI is InChI=1S/C8H7ClO/c9-8-4-2-1-3-7(8)5-6-10/h1-6,10H/b6-5+. The maximum absolute atomic E-state index is 8.40. The predicted molar refractivity (Wildman–Crippen MR) is 43.1 cm³/mol. The van der Waals surface area contributed by atoms with E-state index in [9.17, 15) is 0 Å². The molecule has 0 saturated heterocycles. The van der Waals surface area contributed by atoms with Gasteiger partial charge < -0.3 is 5.11 Å². The molecule has 0 unspecified atom stereocenters. The zero-order valence-electron chi connectivity index (χ0n) is 5.29. The molecule has 0 atom stereocenters. The van der Waals surface area contributed by atoms with Crippen LogP contribution in [0.25, 0.3) is 6.08 Å². The fourth-order valence-corrected chi connectivity index (χ4v) is 0.889. The molecule has 1 aromatic rings. The fraction of sp³-hybridized carbons (Fsp3) is 0. The molecule has 0 heterocycles. The highest BCUT2D eigenvalue weighted by Crippen LogP contribution is 2.15. The van der Waals surface area contributed by atoms with Gasteiger partial charge in [-0.25, -0.2) is 0 Å². The van der Waals surface area contributed by atoms with E-state index in [1.54, 1.807) is 12.1 Å². The molecule has 1 N–H and O–H groups in total. The Morgan fingerprint density at radius 2 is 2.00 bits per heavy atom. The molecule has 1 rings (SSSR count). The van der Waals surface area contributed by atoms with Gasteiger partial charge in [-0.05, 0) is 17.7 Å². The minimum absolute atomic E-state index is 0.646. The summed E-state index contributed by atoms with van der Waals surface area (Å²) >= 11 is 5.74. The first-order valence-corrected chi connectivity index (χ1v) is 3.27. The van der Waals surface area contributed by atoms with Gasteiger partial charge in [-0.2, -0.15) is 0 Å². The molecule has 0 spiro atoms. The van der Waals surface area contributed by atoms with E-state index in [1.165, 1.54) is 0 Å². The number of aliphatic hydroxyl groups is 1. The first-order chi connectivity index (χ1) is 4.84. The van der Waals surface area contributed by atoms with Crippen LogP contribution in [0.2, 0.25) is 5.02 Å². The van der Waals surface area contributed by atoms with Crippen LogP contribution >= 0.6 is 11.6 Å². The van der Waals surface area contributed by atoms with E-state index >= 15 is 0 Å². The normalized spacial score (nSPS) is 10.5. The lowest BCUT2D eigenvalue weighted by molar-refractivity contribution is 0.478. The van der Waals surface area contributed by atoms with Crippen LogP contribution in [0, 0.1) is 0 Å². The predicted octanol–water partition coefficient (Wildman–Crippen LogP) is 2.87. The summed E-state index contributed by atoms with van der Waals surface area (Å²) < 4.78 is 0. The van der Waals surface area contributed by atoms with Crippen LogP contribution < -0.4 is 0 Å². The van der Waals surface area contributed by atoms with Gasteiger partial charge in [-0.3, -0.25) is 0 Å². The monoisotopic (exact) mass is 154 g/mol. The molecule has 1 aromatic carbocycles. The van der Waals surface area contributed by atoms with Gasteiger partial charge in [0.2, 0.25) is 0 Å². The molecule has 0 aliphatic rings. The van der Waals surface area contributed by atoms with Crippen molar-refractivity contribution in [1.29, 1.82) is 0 Å². The third-order valence-corrected chi connectivity index (χ3v) is 1.50. The molecular formula is C8H7ClO. The average molecular weight is 155 g/mol. The SMILES string of the molecule is O/C=C/c1ccccc1Cl. The summed E-state index contributed by atoms with van der Waals surface area (Å²) in [7, 11) is 0. The van der Waals surface area contributed by atoms with Crippen molar-refractivity contribution in [1.82, 2.24) is 0 Å². The third-order valence-electron chi connectivity index (χ3n) is 1.16. The molecule has 0 aliphatic heterocycles. The van der Waals surface area contributed by atoms with Crippen LogP contribution in [0.15, 0.2) is 30.5 Å². The first-order valence-electron chi connectivity index (χ1n) is 2.90. The smallest absolute Gasteiger partial charge is 0.0798 e. The van der Waals surface area contributed by atoms with Gasteiger partial charge >= 0.3 is 0 Å². The minimum atomic E-state index is 0.646. The summed E-state index contributed by atoms with van der Waals surface area (Å²) in [5.41, 5.74) is 0.826. The number of aliphatic hydroxyl groups excluding tert-OH is 1. The molecule has 0 aliphatic carbocycles. The fourth-order valence-electron chi connectivity index (χ4n) is 0.691. The molecule has 0 radical (unpaired) electrons. The van der Waals surface area contributed by atoms with E-state index in [4.69, 9.17) is 16.7 Å². The number of hydrogen-bond acceptors (Lipinski definition) is 1. The summed E-state index contributed by atoms with van der Waals surface area (Å²) in [5.74, 6) is 0. The Labute approximate surface area is 64.6 Å². The van der Waals surface area contributed by atoms with Crippen LogP contribution in [0.5, 0.6) is 0 Å². The Kier molecular flexibility index (Phi) is 2.35. The summed E-state index contributed by atoms with van der Waals surface area (Å²) in [6.45, 7) is 0. The molecular weight excluding hydrogens is 148 g/mol. The van der Waals surface area contributed by atoms with E-state index in [1.807, 2.05) is 18.2 Å². The maximum Gasteiger partial charge on any atom is 0.0798 e. The van der Waals surface area contributed by atoms with Gasteiger partial charge in [0.15, 0.2) is 0 Å². The van der Waals surface area contributed by atoms with E-state index in [2.05, 4.69) is 0 Å². The summed E-state index contributed by atoms with van der Waals surface area (Å²) in [6, 6.07) is 7.31. The lowest BCUT2D eigenvalue weighted by atomic mass is 10.2. The van der Waals surface area contributed by atoms with Gasteiger partial charge in [0.25, 0.3) is 0 Å². The summed E-state index contributed by atoms with van der Waals surface area (Å²) in [6.07, 6.45) is 2.52. The third kappa shape index (κ3) is 1.52. The maximum atomic E-state index is 8.40. The van der Waals surface area contributed by atoms with Crippen LogP contribution in [0.1, 0.15) is 5.56 Å². The zero-order valence-corrected chi connectivity index (χ0v) is 6.05. The Morgan fingerprint density at radius 1 is 1.30 bits per heavy atom. The molecule has 0 saturated carbocycles. The van der Waals surface area contributed by atoms with Crippen molar-refractivity contribution in [2.45, 2.75) is 0 Å². The average Bonchev–Trinajstić information content (AvgIpc) is 1.94. The lowest BCUT2D eigenvalue weighted by Gasteiger charge is -1.93. The minimum Gasteiger partial charge on any atom is -0.516 e. The van der Waals surface area contributed by atoms with Crippen LogP contribution in [0.3, 0.4) is 0 Å². The van der Waals surface area contributed by atoms with Gasteiger partial charge in [0, 0.05) is 5.02 Å². The lowest BCUT2D eigenvalue weighted by Crippen LogP contribution is -1.71. The quantitative estimate of drug-likeness (QED) is 0.617. The van der Waals surface area contributed by atoms with Crippen LogP contribution in [-0.4, -0.2) is 5.11 Å². The number of benzene rings is 1. The van der Waals surface area contributed by atoms with Gasteiger partial charge in [-0.1, -0.05) is 29.8 Å². The van der Waals surface area contributed by atoms with Crippen molar-refractivity contribution in [2.24, 2.45) is 0 Å². The first kappa shape index (κ1) is 7.16. The molecule has 0 amide bonds. The zero-order chi connectivity index (χ0) is 7.40. The van der Waals surface area contributed by atoms with Gasteiger partial charge in [0.05, 0.1) is 6.26 Å². The van der Waals surface area contributed by atoms with Gasteiger partial charge in [-0.15, -0.1) is 0 Å². The van der Waals surface area contributed by atoms with Crippen molar-refractivity contribution >= 4 is 17.7 Å². The molecule has 1 nitrogen and oxygen atoms in total. The number of rotatable bonds is 1. The summed E-state index contributed by atoms with van der Waals surface area (Å²) in [5, 5.41) is 9.05. The highest BCUT2D eigenvalue weighted by atomic mass is 35.5. The largest absolute Gasteiger partial charge is 0.516 e. The van der Waals surface area contributed by atoms with Gasteiger partial charge in [0.1, 0.15) is 0 Å². The van der Waals surface area contributed by atoms with Crippen LogP contribution in [0.4, 0.5) is 0 Å². The van der Waals surface area contributed by atoms with Crippen LogP contribution in [-0.2, 0) is 0 Å². The molecule has 2 heteroatoms.